The predicted octanol–water partition coefficient (Wildman–Crippen LogP) is 3.72. The molecule has 0 unspecified atom stereocenters. The Balaban J connectivity index is 1.47. The summed E-state index contributed by atoms with van der Waals surface area (Å²) in [5, 5.41) is 18.6. The number of nitriles is 1. The maximum absolute atomic E-state index is 13.6. The van der Waals surface area contributed by atoms with Crippen LogP contribution in [0.15, 0.2) is 47.0 Å². The third-order valence-corrected chi connectivity index (χ3v) is 4.53. The monoisotopic (exact) mass is 408 g/mol. The van der Waals surface area contributed by atoms with Gasteiger partial charge in [-0.25, -0.2) is 4.39 Å². The van der Waals surface area contributed by atoms with Crippen LogP contribution in [-0.2, 0) is 6.61 Å². The van der Waals surface area contributed by atoms with Gasteiger partial charge in [-0.1, -0.05) is 11.2 Å². The molecule has 1 aromatic heterocycles. The highest BCUT2D eigenvalue weighted by Gasteiger charge is 2.11. The molecule has 2 aromatic carbocycles. The summed E-state index contributed by atoms with van der Waals surface area (Å²) in [6, 6.07) is 13.0. The van der Waals surface area contributed by atoms with Gasteiger partial charge in [0, 0.05) is 18.7 Å². The minimum Gasteiger partial charge on any atom is -0.489 e. The van der Waals surface area contributed by atoms with Gasteiger partial charge in [0.1, 0.15) is 35.6 Å². The summed E-state index contributed by atoms with van der Waals surface area (Å²) in [6.07, 6.45) is 0. The highest BCUT2D eigenvalue weighted by Crippen LogP contribution is 2.18. The Labute approximate surface area is 173 Å². The summed E-state index contributed by atoms with van der Waals surface area (Å²) in [5.41, 5.74) is 2.53. The molecule has 0 fully saturated rings. The van der Waals surface area contributed by atoms with E-state index in [1.165, 1.54) is 12.1 Å². The molecule has 7 nitrogen and oxygen atoms in total. The zero-order valence-electron chi connectivity index (χ0n) is 16.7. The number of aromatic nitrogens is 1. The van der Waals surface area contributed by atoms with Crippen molar-refractivity contribution in [3.63, 3.8) is 0 Å². The van der Waals surface area contributed by atoms with Crippen molar-refractivity contribution < 1.29 is 18.4 Å². The van der Waals surface area contributed by atoms with Crippen LogP contribution in [0.3, 0.4) is 0 Å². The summed E-state index contributed by atoms with van der Waals surface area (Å²) < 4.78 is 24.4. The first kappa shape index (κ1) is 20.9. The fraction of sp³-hybridized carbons (Fsp3) is 0.227. The summed E-state index contributed by atoms with van der Waals surface area (Å²) in [6.45, 7) is 4.68. The molecule has 8 heteroatoms. The summed E-state index contributed by atoms with van der Waals surface area (Å²) in [4.78, 5) is 12.3. The van der Waals surface area contributed by atoms with Gasteiger partial charge in [-0.15, -0.1) is 0 Å². The van der Waals surface area contributed by atoms with Crippen LogP contribution < -0.4 is 15.4 Å². The number of nitrogens with one attached hydrogen (secondary N) is 2. The molecule has 3 aromatic rings. The molecule has 0 aliphatic carbocycles. The fourth-order valence-electron chi connectivity index (χ4n) is 2.83. The summed E-state index contributed by atoms with van der Waals surface area (Å²) in [7, 11) is 0. The minimum atomic E-state index is -0.580. The third-order valence-electron chi connectivity index (χ3n) is 4.53. The van der Waals surface area contributed by atoms with E-state index in [0.717, 1.165) is 17.0 Å². The molecule has 1 heterocycles. The van der Waals surface area contributed by atoms with Crippen molar-refractivity contribution in [2.45, 2.75) is 20.5 Å². The molecule has 0 radical (unpaired) electrons. The lowest BCUT2D eigenvalue weighted by Gasteiger charge is -2.10. The van der Waals surface area contributed by atoms with Gasteiger partial charge in [0.25, 0.3) is 5.91 Å². The van der Waals surface area contributed by atoms with Crippen LogP contribution in [0.4, 0.5) is 10.1 Å². The zero-order chi connectivity index (χ0) is 21.5. The number of hydrogen-bond donors (Lipinski definition) is 2. The molecule has 0 spiro atoms. The molecule has 0 bridgehead atoms. The zero-order valence-corrected chi connectivity index (χ0v) is 16.7. The SMILES string of the molecule is Cc1noc(C)c1COc1ccc(C(=O)NCCNc2cccc(F)c2C#N)cc1. The van der Waals surface area contributed by atoms with Crippen molar-refractivity contribution in [2.24, 2.45) is 0 Å². The van der Waals surface area contributed by atoms with Gasteiger partial charge in [0.15, 0.2) is 0 Å². The second-order valence-electron chi connectivity index (χ2n) is 6.57. The topological polar surface area (TPSA) is 100 Å². The van der Waals surface area contributed by atoms with E-state index in [1.807, 2.05) is 19.9 Å². The molecule has 0 atom stereocenters. The van der Waals surface area contributed by atoms with Crippen molar-refractivity contribution in [1.82, 2.24) is 10.5 Å². The van der Waals surface area contributed by atoms with Gasteiger partial charge in [-0.3, -0.25) is 4.79 Å². The summed E-state index contributed by atoms with van der Waals surface area (Å²) >= 11 is 0. The normalized spacial score (nSPS) is 10.3. The molecule has 0 aliphatic heterocycles. The number of benzene rings is 2. The Bertz CT molecular complexity index is 1050. The molecular weight excluding hydrogens is 387 g/mol. The van der Waals surface area contributed by atoms with Crippen molar-refractivity contribution in [2.75, 3.05) is 18.4 Å². The molecule has 2 N–H and O–H groups in total. The fourth-order valence-corrected chi connectivity index (χ4v) is 2.83. The first-order chi connectivity index (χ1) is 14.5. The molecule has 1 amide bonds. The van der Waals surface area contributed by atoms with Crippen molar-refractivity contribution in [3.8, 4) is 11.8 Å². The van der Waals surface area contributed by atoms with Crippen LogP contribution in [0.25, 0.3) is 0 Å². The molecule has 0 saturated carbocycles. The third kappa shape index (κ3) is 4.94. The maximum atomic E-state index is 13.6. The highest BCUT2D eigenvalue weighted by atomic mass is 19.1. The first-order valence-electron chi connectivity index (χ1n) is 9.35. The summed E-state index contributed by atoms with van der Waals surface area (Å²) in [5.74, 6) is 0.526. The average Bonchev–Trinajstić information content (AvgIpc) is 3.07. The van der Waals surface area contributed by atoms with E-state index in [4.69, 9.17) is 14.5 Å². The van der Waals surface area contributed by atoms with Crippen LogP contribution in [0, 0.1) is 31.0 Å². The van der Waals surface area contributed by atoms with E-state index in [2.05, 4.69) is 15.8 Å². The van der Waals surface area contributed by atoms with E-state index in [1.54, 1.807) is 30.3 Å². The van der Waals surface area contributed by atoms with Crippen LogP contribution in [0.2, 0.25) is 0 Å². The Kier molecular flexibility index (Phi) is 6.65. The lowest BCUT2D eigenvalue weighted by atomic mass is 10.2. The average molecular weight is 408 g/mol. The Hall–Kier alpha value is -3.86. The van der Waals surface area contributed by atoms with Crippen LogP contribution in [0.5, 0.6) is 5.75 Å². The van der Waals surface area contributed by atoms with E-state index in [0.29, 0.717) is 36.7 Å². The molecule has 154 valence electrons. The van der Waals surface area contributed by atoms with E-state index >= 15 is 0 Å². The quantitative estimate of drug-likeness (QED) is 0.551. The first-order valence-corrected chi connectivity index (χ1v) is 9.35. The number of hydrogen-bond acceptors (Lipinski definition) is 6. The number of carbonyl (C=O) groups is 1. The standard InChI is InChI=1S/C22H21FN4O3/c1-14-19(15(2)30-27-14)13-29-17-8-6-16(7-9-17)22(28)26-11-10-25-21-5-3-4-20(23)18(21)12-24/h3-9,25H,10-11,13H2,1-2H3,(H,26,28). The van der Waals surface area contributed by atoms with Gasteiger partial charge in [-0.05, 0) is 50.2 Å². The lowest BCUT2D eigenvalue weighted by Crippen LogP contribution is -2.28. The lowest BCUT2D eigenvalue weighted by molar-refractivity contribution is 0.0955. The number of anilines is 1. The number of amides is 1. The molecule has 30 heavy (non-hydrogen) atoms. The molecular formula is C22H21FN4O3. The van der Waals surface area contributed by atoms with E-state index < -0.39 is 5.82 Å². The highest BCUT2D eigenvalue weighted by molar-refractivity contribution is 5.94. The number of halogens is 1. The molecule has 3 rings (SSSR count). The largest absolute Gasteiger partial charge is 0.489 e. The van der Waals surface area contributed by atoms with Gasteiger partial charge >= 0.3 is 0 Å². The predicted molar refractivity (Wildman–Crippen MR) is 109 cm³/mol. The van der Waals surface area contributed by atoms with Gasteiger partial charge < -0.3 is 19.9 Å². The number of ether oxygens (including phenoxy) is 1. The van der Waals surface area contributed by atoms with Crippen LogP contribution >= 0.6 is 0 Å². The van der Waals surface area contributed by atoms with E-state index in [-0.39, 0.29) is 11.5 Å². The smallest absolute Gasteiger partial charge is 0.251 e. The molecule has 0 saturated heterocycles. The Morgan fingerprint density at radius 2 is 1.97 bits per heavy atom. The number of carbonyl (C=O) groups excluding carboxylic acids is 1. The number of aryl methyl sites for hydroxylation is 2. The maximum Gasteiger partial charge on any atom is 0.251 e. The second kappa shape index (κ2) is 9.56. The number of rotatable bonds is 8. The van der Waals surface area contributed by atoms with Crippen molar-refractivity contribution >= 4 is 11.6 Å². The van der Waals surface area contributed by atoms with Gasteiger partial charge in [0.05, 0.1) is 16.9 Å². The minimum absolute atomic E-state index is 0.0454. The van der Waals surface area contributed by atoms with E-state index in [9.17, 15) is 9.18 Å². The Morgan fingerprint density at radius 1 is 1.20 bits per heavy atom. The van der Waals surface area contributed by atoms with Crippen LogP contribution in [-0.4, -0.2) is 24.2 Å². The Morgan fingerprint density at radius 3 is 2.63 bits per heavy atom. The van der Waals surface area contributed by atoms with Crippen LogP contribution in [0.1, 0.15) is 32.9 Å². The van der Waals surface area contributed by atoms with Gasteiger partial charge in [0.2, 0.25) is 0 Å². The van der Waals surface area contributed by atoms with Gasteiger partial charge in [-0.2, -0.15) is 5.26 Å². The molecule has 0 aliphatic rings. The van der Waals surface area contributed by atoms with Crippen molar-refractivity contribution in [1.29, 1.82) is 5.26 Å². The second-order valence-corrected chi connectivity index (χ2v) is 6.57. The number of nitrogens with zero attached hydrogens (tertiary/aromatic N) is 2. The van der Waals surface area contributed by atoms with Crippen molar-refractivity contribution in [3.05, 3.63) is 76.4 Å².